The first-order valence-electron chi connectivity index (χ1n) is 0.784. The first-order chi connectivity index (χ1) is 3.15. The van der Waals surface area contributed by atoms with Crippen LogP contribution < -0.4 is 0 Å². The Hall–Kier alpha value is 1.66. The minimum atomic E-state index is -1.67. The van der Waals surface area contributed by atoms with E-state index in [1.807, 2.05) is 0 Å². The van der Waals surface area contributed by atoms with Gasteiger partial charge in [0.25, 0.3) is 0 Å². The van der Waals surface area contributed by atoms with Crippen LogP contribution in [-0.4, -0.2) is 4.21 Å². The summed E-state index contributed by atoms with van der Waals surface area (Å²) in [6.45, 7) is 0. The molecule has 0 aliphatic carbocycles. The molecule has 7 heteroatoms. The van der Waals surface area contributed by atoms with Gasteiger partial charge in [0.2, 0.25) is 9.23 Å². The van der Waals surface area contributed by atoms with E-state index in [0.29, 0.717) is 10.2 Å². The molecule has 0 spiro atoms. The van der Waals surface area contributed by atoms with E-state index in [1.165, 1.54) is 0 Å². The molecule has 0 N–H and O–H groups in total. The van der Waals surface area contributed by atoms with Crippen LogP contribution in [0.1, 0.15) is 0 Å². The average Bonchev–Trinajstić information content (AvgIpc) is 1.33. The zero-order valence-electron chi connectivity index (χ0n) is 2.74. The quantitative estimate of drug-likeness (QED) is 0.585. The maximum absolute atomic E-state index is 9.09. The van der Waals surface area contributed by atoms with Gasteiger partial charge < -0.3 is 0 Å². The molecule has 0 aliphatic heterocycles. The summed E-state index contributed by atoms with van der Waals surface area (Å²) in [5, 5.41) is 0. The molecular weight excluding hydrogens is 222 g/mol. The summed E-state index contributed by atoms with van der Waals surface area (Å²) in [4.78, 5) is 0. The molecule has 0 aromatic carbocycles. The Labute approximate surface area is 66.1 Å². The molecule has 0 aromatic rings. The van der Waals surface area contributed by atoms with E-state index in [4.69, 9.17) is 4.21 Å². The highest BCUT2D eigenvalue weighted by atomic mass is 36.0. The van der Waals surface area contributed by atoms with Crippen molar-refractivity contribution in [1.82, 2.24) is 0 Å². The van der Waals surface area contributed by atoms with Crippen molar-refractivity contribution in [2.75, 3.05) is 0 Å². The van der Waals surface area contributed by atoms with E-state index < -0.39 is 9.23 Å². The first kappa shape index (κ1) is 11.5. The second-order valence-electron chi connectivity index (χ2n) is 0.243. The maximum atomic E-state index is 9.09. The van der Waals surface area contributed by atoms with Gasteiger partial charge in [0.05, 0.1) is 10.2 Å². The summed E-state index contributed by atoms with van der Waals surface area (Å²) in [5.74, 6) is 0. The smallest absolute Gasteiger partial charge is 0.211 e. The van der Waals surface area contributed by atoms with Crippen molar-refractivity contribution in [3.05, 3.63) is 0 Å². The summed E-state index contributed by atoms with van der Waals surface area (Å²) in [6, 6.07) is 0. The van der Waals surface area contributed by atoms with Crippen LogP contribution in [0.25, 0.3) is 0 Å². The van der Waals surface area contributed by atoms with Crippen molar-refractivity contribution in [3.63, 3.8) is 0 Å². The van der Waals surface area contributed by atoms with Crippen molar-refractivity contribution >= 4 is 62.1 Å². The van der Waals surface area contributed by atoms with Gasteiger partial charge in [-0.3, -0.25) is 0 Å². The predicted octanol–water partition coefficient (Wildman–Crippen LogP) is 3.07. The Bertz CT molecular complexity index is 41.0. The number of rotatable bonds is 0. The third kappa shape index (κ3) is 89.1. The molecule has 0 aromatic heterocycles. The average molecular weight is 222 g/mol. The Morgan fingerprint density at radius 3 is 1.29 bits per heavy atom. The normalized spacial score (nSPS) is 7.57. The van der Waals surface area contributed by atoms with Gasteiger partial charge in [-0.2, -0.15) is 0 Å². The van der Waals surface area contributed by atoms with Crippen LogP contribution in [0.15, 0.2) is 0 Å². The van der Waals surface area contributed by atoms with E-state index in [-0.39, 0.29) is 0 Å². The van der Waals surface area contributed by atoms with Crippen molar-refractivity contribution in [3.8, 4) is 0 Å². The summed E-state index contributed by atoms with van der Waals surface area (Å²) in [5.41, 5.74) is 0. The highest BCUT2D eigenvalue weighted by Crippen LogP contribution is 2.08. The molecule has 7 heavy (non-hydrogen) atoms. The van der Waals surface area contributed by atoms with Crippen molar-refractivity contribution < 1.29 is 4.21 Å². The van der Waals surface area contributed by atoms with Gasteiger partial charge in [-0.15, -0.1) is 0 Å². The molecule has 0 amide bonds. The minimum Gasteiger partial charge on any atom is -0.225 e. The van der Waals surface area contributed by atoms with Gasteiger partial charge >= 0.3 is 0 Å². The molecule has 0 heterocycles. The van der Waals surface area contributed by atoms with Crippen LogP contribution in [-0.2, 0) is 9.23 Å². The second-order valence-corrected chi connectivity index (χ2v) is 4.28. The monoisotopic (exact) mass is 220 g/mol. The Balaban J connectivity index is 0. The molecule has 0 radical (unpaired) electrons. The lowest BCUT2D eigenvalue weighted by Gasteiger charge is -1.50. The molecule has 0 rings (SSSR count). The minimum absolute atomic E-state index is 0.694. The number of halogens is 4. The van der Waals surface area contributed by atoms with Gasteiger partial charge in [0, 0.05) is 21.4 Å². The van der Waals surface area contributed by atoms with Crippen molar-refractivity contribution in [2.24, 2.45) is 0 Å². The fourth-order valence-electron chi connectivity index (χ4n) is 0. The van der Waals surface area contributed by atoms with Crippen LogP contribution in [0.3, 0.4) is 0 Å². The standard InChI is InChI=1S/Cl2OS.Cl2S/c1-4(2)3;1-3-2. The number of hydrogen-bond donors (Lipinski definition) is 0. The summed E-state index contributed by atoms with van der Waals surface area (Å²) in [6.07, 6.45) is 0. The third-order valence-corrected chi connectivity index (χ3v) is 0. The molecular formula is Cl4OS2. The van der Waals surface area contributed by atoms with Gasteiger partial charge in [-0.05, 0) is 21.4 Å². The van der Waals surface area contributed by atoms with E-state index in [9.17, 15) is 0 Å². The van der Waals surface area contributed by atoms with Crippen molar-refractivity contribution in [2.45, 2.75) is 0 Å². The molecule has 0 saturated carbocycles. The topological polar surface area (TPSA) is 17.1 Å². The second kappa shape index (κ2) is 10.6. The lowest BCUT2D eigenvalue weighted by atomic mass is 16.0. The molecule has 0 unspecified atom stereocenters. The van der Waals surface area contributed by atoms with Crippen molar-refractivity contribution in [1.29, 1.82) is 0 Å². The third-order valence-electron chi connectivity index (χ3n) is 0. The van der Waals surface area contributed by atoms with E-state index in [1.54, 1.807) is 0 Å². The molecule has 0 fully saturated rings. The molecule has 0 saturated heterocycles. The van der Waals surface area contributed by atoms with Crippen LogP contribution in [0.4, 0.5) is 0 Å². The largest absolute Gasteiger partial charge is 0.225 e. The Kier molecular flexibility index (Phi) is 17.4. The van der Waals surface area contributed by atoms with Gasteiger partial charge in [-0.25, -0.2) is 4.21 Å². The highest BCUT2D eigenvalue weighted by Gasteiger charge is 1.67. The Morgan fingerprint density at radius 1 is 1.29 bits per heavy atom. The molecule has 46 valence electrons. The molecule has 1 nitrogen and oxygen atoms in total. The van der Waals surface area contributed by atoms with Crippen LogP contribution in [0.2, 0.25) is 0 Å². The van der Waals surface area contributed by atoms with E-state index in [0.717, 1.165) is 0 Å². The Morgan fingerprint density at radius 2 is 1.29 bits per heavy atom. The lowest BCUT2D eigenvalue weighted by Crippen LogP contribution is -1.41. The highest BCUT2D eigenvalue weighted by molar-refractivity contribution is 8.38. The summed E-state index contributed by atoms with van der Waals surface area (Å²) < 4.78 is 9.09. The van der Waals surface area contributed by atoms with Gasteiger partial charge in [0.1, 0.15) is 0 Å². The zero-order chi connectivity index (χ0) is 6.28. The first-order valence-corrected chi connectivity index (χ1v) is 6.05. The maximum Gasteiger partial charge on any atom is 0.211 e. The zero-order valence-corrected chi connectivity index (χ0v) is 7.39. The molecule has 0 atom stereocenters. The SMILES string of the molecule is ClSCl.O=S(Cl)Cl. The van der Waals surface area contributed by atoms with E-state index in [2.05, 4.69) is 42.7 Å². The fraction of sp³-hybridized carbons (Fsp3) is 0. The predicted molar refractivity (Wildman–Crippen MR) is 39.1 cm³/mol. The van der Waals surface area contributed by atoms with Crippen LogP contribution in [0, 0.1) is 0 Å². The summed E-state index contributed by atoms with van der Waals surface area (Å²) in [7, 11) is 17.4. The van der Waals surface area contributed by atoms with Crippen LogP contribution >= 0.6 is 52.9 Å². The van der Waals surface area contributed by atoms with Gasteiger partial charge in [0.15, 0.2) is 0 Å². The van der Waals surface area contributed by atoms with Crippen LogP contribution in [0.5, 0.6) is 0 Å². The molecule has 0 aliphatic rings. The lowest BCUT2D eigenvalue weighted by molar-refractivity contribution is 0.698. The summed E-state index contributed by atoms with van der Waals surface area (Å²) >= 11 is 0. The number of hydrogen-bond acceptors (Lipinski definition) is 2. The van der Waals surface area contributed by atoms with E-state index >= 15 is 0 Å². The molecule has 0 bridgehead atoms. The fourth-order valence-corrected chi connectivity index (χ4v) is 0. The van der Waals surface area contributed by atoms with Gasteiger partial charge in [-0.1, -0.05) is 0 Å².